The topological polar surface area (TPSA) is 68.8 Å². The molecule has 1 unspecified atom stereocenters. The van der Waals surface area contributed by atoms with Crippen molar-refractivity contribution >= 4 is 18.3 Å². The first-order valence-electron chi connectivity index (χ1n) is 7.28. The molecule has 0 spiro atoms. The highest BCUT2D eigenvalue weighted by Gasteiger charge is 2.15. The fourth-order valence-corrected chi connectivity index (χ4v) is 2.21. The van der Waals surface area contributed by atoms with E-state index >= 15 is 0 Å². The van der Waals surface area contributed by atoms with E-state index in [4.69, 9.17) is 14.2 Å². The van der Waals surface area contributed by atoms with Gasteiger partial charge in [0.25, 0.3) is 0 Å². The Morgan fingerprint density at radius 2 is 1.70 bits per heavy atom. The maximum absolute atomic E-state index is 11.9. The van der Waals surface area contributed by atoms with Crippen LogP contribution in [0.25, 0.3) is 0 Å². The van der Waals surface area contributed by atoms with E-state index in [0.29, 0.717) is 36.8 Å². The first-order chi connectivity index (χ1) is 10.6. The summed E-state index contributed by atoms with van der Waals surface area (Å²) in [5.41, 5.74) is 0.910. The highest BCUT2D eigenvalue weighted by atomic mass is 35.5. The van der Waals surface area contributed by atoms with Crippen molar-refractivity contribution in [3.05, 3.63) is 17.7 Å². The van der Waals surface area contributed by atoms with Crippen LogP contribution in [0.5, 0.6) is 17.2 Å². The maximum atomic E-state index is 11.9. The summed E-state index contributed by atoms with van der Waals surface area (Å²) in [6.45, 7) is 3.06. The number of methoxy groups -OCH3 is 3. The number of carbonyl (C=O) groups excluding carboxylic acids is 1. The Morgan fingerprint density at radius 1 is 1.13 bits per heavy atom. The molecule has 0 fully saturated rings. The average molecular weight is 347 g/mol. The number of rotatable bonds is 9. The van der Waals surface area contributed by atoms with Gasteiger partial charge in [0.15, 0.2) is 0 Å². The number of halogens is 1. The van der Waals surface area contributed by atoms with Crippen molar-refractivity contribution < 1.29 is 19.0 Å². The SMILES string of the molecule is CNCC(C)C(=O)NCCc1c(OC)cc(OC)cc1OC.Cl. The lowest BCUT2D eigenvalue weighted by Crippen LogP contribution is -2.35. The maximum Gasteiger partial charge on any atom is 0.224 e. The molecule has 2 N–H and O–H groups in total. The van der Waals surface area contributed by atoms with Crippen LogP contribution < -0.4 is 24.8 Å². The van der Waals surface area contributed by atoms with Crippen LogP contribution in [-0.4, -0.2) is 47.4 Å². The van der Waals surface area contributed by atoms with Gasteiger partial charge in [0, 0.05) is 36.7 Å². The van der Waals surface area contributed by atoms with Crippen molar-refractivity contribution in [3.8, 4) is 17.2 Å². The fourth-order valence-electron chi connectivity index (χ4n) is 2.21. The molecule has 1 amide bonds. The first-order valence-corrected chi connectivity index (χ1v) is 7.28. The van der Waals surface area contributed by atoms with Gasteiger partial charge >= 0.3 is 0 Å². The molecule has 1 atom stereocenters. The lowest BCUT2D eigenvalue weighted by Gasteiger charge is -2.16. The molecule has 1 rings (SSSR count). The molecule has 6 nitrogen and oxygen atoms in total. The first kappa shape index (κ1) is 21.3. The molecule has 0 aliphatic carbocycles. The highest BCUT2D eigenvalue weighted by molar-refractivity contribution is 5.85. The standard InChI is InChI=1S/C16H26N2O4.ClH/c1-11(10-17-2)16(19)18-7-6-13-14(21-4)8-12(20-3)9-15(13)22-5;/h8-9,11,17H,6-7,10H2,1-5H3,(H,18,19);1H. The average Bonchev–Trinajstić information content (AvgIpc) is 2.54. The quantitative estimate of drug-likeness (QED) is 0.711. The second kappa shape index (κ2) is 11.0. The van der Waals surface area contributed by atoms with E-state index < -0.39 is 0 Å². The Kier molecular flexibility index (Phi) is 10.2. The zero-order chi connectivity index (χ0) is 16.5. The van der Waals surface area contributed by atoms with Gasteiger partial charge in [-0.15, -0.1) is 12.4 Å². The monoisotopic (exact) mass is 346 g/mol. The lowest BCUT2D eigenvalue weighted by molar-refractivity contribution is -0.124. The lowest BCUT2D eigenvalue weighted by atomic mass is 10.1. The summed E-state index contributed by atoms with van der Waals surface area (Å²) in [5.74, 6) is 2.01. The third-order valence-electron chi connectivity index (χ3n) is 3.45. The van der Waals surface area contributed by atoms with Crippen molar-refractivity contribution in [1.29, 1.82) is 0 Å². The molecule has 0 saturated carbocycles. The third kappa shape index (κ3) is 6.15. The largest absolute Gasteiger partial charge is 0.496 e. The Morgan fingerprint density at radius 3 is 2.13 bits per heavy atom. The molecule has 7 heteroatoms. The predicted octanol–water partition coefficient (Wildman–Crippen LogP) is 1.65. The van der Waals surface area contributed by atoms with Crippen molar-refractivity contribution in [1.82, 2.24) is 10.6 Å². The van der Waals surface area contributed by atoms with Gasteiger partial charge in [0.05, 0.1) is 21.3 Å². The zero-order valence-corrected chi connectivity index (χ0v) is 15.2. The summed E-state index contributed by atoms with van der Waals surface area (Å²) in [5, 5.41) is 5.92. The minimum Gasteiger partial charge on any atom is -0.496 e. The van der Waals surface area contributed by atoms with Gasteiger partial charge in [0.1, 0.15) is 17.2 Å². The number of hydrogen-bond donors (Lipinski definition) is 2. The van der Waals surface area contributed by atoms with Gasteiger partial charge in [-0.1, -0.05) is 6.92 Å². The Bertz CT molecular complexity index is 472. The summed E-state index contributed by atoms with van der Waals surface area (Å²) in [6.07, 6.45) is 0.619. The minimum absolute atomic E-state index is 0. The van der Waals surface area contributed by atoms with Gasteiger partial charge in [-0.2, -0.15) is 0 Å². The molecule has 0 heterocycles. The van der Waals surface area contributed by atoms with E-state index in [1.807, 2.05) is 26.1 Å². The van der Waals surface area contributed by atoms with Crippen LogP contribution in [0.1, 0.15) is 12.5 Å². The van der Waals surface area contributed by atoms with Crippen molar-refractivity contribution in [2.75, 3.05) is 41.5 Å². The molecule has 0 bridgehead atoms. The number of hydrogen-bond acceptors (Lipinski definition) is 5. The van der Waals surface area contributed by atoms with Gasteiger partial charge in [-0.3, -0.25) is 4.79 Å². The van der Waals surface area contributed by atoms with Gasteiger partial charge in [-0.05, 0) is 13.5 Å². The molecule has 1 aromatic rings. The Labute approximate surface area is 144 Å². The molecule has 23 heavy (non-hydrogen) atoms. The molecular weight excluding hydrogens is 320 g/mol. The summed E-state index contributed by atoms with van der Waals surface area (Å²) < 4.78 is 16.0. The molecule has 1 aromatic carbocycles. The Hall–Kier alpha value is -1.66. The number of benzene rings is 1. The van der Waals surface area contributed by atoms with Crippen LogP contribution in [-0.2, 0) is 11.2 Å². The van der Waals surface area contributed by atoms with Crippen LogP contribution >= 0.6 is 12.4 Å². The van der Waals surface area contributed by atoms with E-state index in [1.165, 1.54) is 0 Å². The molecule has 132 valence electrons. The number of carbonyl (C=O) groups is 1. The van der Waals surface area contributed by atoms with Gasteiger partial charge in [-0.25, -0.2) is 0 Å². The summed E-state index contributed by atoms with van der Waals surface area (Å²) in [6, 6.07) is 3.62. The normalized spacial score (nSPS) is 11.2. The van der Waals surface area contributed by atoms with Crippen LogP contribution in [0.15, 0.2) is 12.1 Å². The Balaban J connectivity index is 0.00000484. The third-order valence-corrected chi connectivity index (χ3v) is 3.45. The van der Waals surface area contributed by atoms with E-state index in [1.54, 1.807) is 21.3 Å². The summed E-state index contributed by atoms with van der Waals surface area (Å²) >= 11 is 0. The van der Waals surface area contributed by atoms with Crippen LogP contribution in [0.2, 0.25) is 0 Å². The van der Waals surface area contributed by atoms with E-state index in [0.717, 1.165) is 5.56 Å². The molecule has 0 radical (unpaired) electrons. The molecule has 0 aliphatic rings. The predicted molar refractivity (Wildman–Crippen MR) is 93.2 cm³/mol. The van der Waals surface area contributed by atoms with Gasteiger partial charge < -0.3 is 24.8 Å². The second-order valence-corrected chi connectivity index (χ2v) is 5.01. The van der Waals surface area contributed by atoms with Gasteiger partial charge in [0.2, 0.25) is 5.91 Å². The second-order valence-electron chi connectivity index (χ2n) is 5.01. The fraction of sp³-hybridized carbons (Fsp3) is 0.562. The van der Waals surface area contributed by atoms with Crippen LogP contribution in [0.3, 0.4) is 0 Å². The number of ether oxygens (including phenoxy) is 3. The van der Waals surface area contributed by atoms with E-state index in [2.05, 4.69) is 10.6 Å². The zero-order valence-electron chi connectivity index (χ0n) is 14.4. The van der Waals surface area contributed by atoms with E-state index in [9.17, 15) is 4.79 Å². The van der Waals surface area contributed by atoms with Crippen molar-refractivity contribution in [3.63, 3.8) is 0 Å². The smallest absolute Gasteiger partial charge is 0.224 e. The number of nitrogens with one attached hydrogen (secondary N) is 2. The van der Waals surface area contributed by atoms with Crippen molar-refractivity contribution in [2.24, 2.45) is 5.92 Å². The van der Waals surface area contributed by atoms with Crippen LogP contribution in [0.4, 0.5) is 0 Å². The molecule has 0 aliphatic heterocycles. The van der Waals surface area contributed by atoms with Crippen LogP contribution in [0, 0.1) is 5.92 Å². The molecular formula is C16H27ClN2O4. The summed E-state index contributed by atoms with van der Waals surface area (Å²) in [4.78, 5) is 11.9. The number of amides is 1. The summed E-state index contributed by atoms with van der Waals surface area (Å²) in [7, 11) is 6.63. The van der Waals surface area contributed by atoms with E-state index in [-0.39, 0.29) is 24.2 Å². The highest BCUT2D eigenvalue weighted by Crippen LogP contribution is 2.34. The minimum atomic E-state index is -0.0651. The van der Waals surface area contributed by atoms with Crippen molar-refractivity contribution in [2.45, 2.75) is 13.3 Å². The molecule has 0 saturated heterocycles. The molecule has 0 aromatic heterocycles.